The fraction of sp³-hybridized carbons (Fsp3) is 0.417. The Morgan fingerprint density at radius 2 is 2.20 bits per heavy atom. The fourth-order valence-corrected chi connectivity index (χ4v) is 1.08. The predicted octanol–water partition coefficient (Wildman–Crippen LogP) is 2.28. The minimum Gasteiger partial charge on any atom is -0.490 e. The van der Waals surface area contributed by atoms with Gasteiger partial charge in [-0.25, -0.2) is 0 Å². The van der Waals surface area contributed by atoms with Gasteiger partial charge in [0.2, 0.25) is 0 Å². The highest BCUT2D eigenvalue weighted by Crippen LogP contribution is 2.13. The smallest absolute Gasteiger partial charge is 0.137 e. The third-order valence-corrected chi connectivity index (χ3v) is 2.05. The highest BCUT2D eigenvalue weighted by Gasteiger charge is 1.97. The summed E-state index contributed by atoms with van der Waals surface area (Å²) in [5, 5.41) is 0. The zero-order chi connectivity index (χ0) is 11.1. The van der Waals surface area contributed by atoms with Crippen LogP contribution in [0.3, 0.4) is 0 Å². The normalized spacial score (nSPS) is 10.0. The van der Waals surface area contributed by atoms with Gasteiger partial charge in [-0.2, -0.15) is 0 Å². The van der Waals surface area contributed by atoms with Gasteiger partial charge in [-0.15, -0.1) is 6.58 Å². The molecular weight excluding hydrogens is 190 g/mol. The van der Waals surface area contributed by atoms with Gasteiger partial charge in [0.05, 0.1) is 19.4 Å². The van der Waals surface area contributed by atoms with Crippen LogP contribution in [0.15, 0.2) is 24.9 Å². The Balaban J connectivity index is 2.31. The molecule has 1 rings (SSSR count). The molecule has 0 saturated carbocycles. The lowest BCUT2D eigenvalue weighted by Crippen LogP contribution is -2.07. The van der Waals surface area contributed by atoms with E-state index in [1.54, 1.807) is 12.3 Å². The molecular formula is C12H17NO2. The molecule has 0 unspecified atom stereocenters. The average molecular weight is 207 g/mol. The van der Waals surface area contributed by atoms with E-state index in [-0.39, 0.29) is 0 Å². The van der Waals surface area contributed by atoms with E-state index < -0.39 is 0 Å². The zero-order valence-electron chi connectivity index (χ0n) is 9.32. The predicted molar refractivity (Wildman–Crippen MR) is 60.2 cm³/mol. The second-order valence-electron chi connectivity index (χ2n) is 3.29. The van der Waals surface area contributed by atoms with Crippen molar-refractivity contribution in [2.24, 2.45) is 0 Å². The van der Waals surface area contributed by atoms with Gasteiger partial charge in [-0.3, -0.25) is 4.98 Å². The monoisotopic (exact) mass is 207 g/mol. The highest BCUT2D eigenvalue weighted by molar-refractivity contribution is 5.27. The van der Waals surface area contributed by atoms with E-state index in [1.807, 2.05) is 19.9 Å². The lowest BCUT2D eigenvalue weighted by molar-refractivity contribution is 0.121. The van der Waals surface area contributed by atoms with E-state index in [9.17, 15) is 0 Å². The summed E-state index contributed by atoms with van der Waals surface area (Å²) in [4.78, 5) is 4.21. The molecule has 0 aromatic carbocycles. The molecule has 1 aromatic rings. The molecule has 3 nitrogen and oxygen atoms in total. The number of pyridine rings is 1. The number of aryl methyl sites for hydroxylation is 2. The molecule has 1 heterocycles. The average Bonchev–Trinajstić information content (AvgIpc) is 2.23. The quantitative estimate of drug-likeness (QED) is 0.529. The SMILES string of the molecule is C=CCOCCOc1cnc(C)c(C)c1. The molecule has 0 fully saturated rings. The van der Waals surface area contributed by atoms with Gasteiger partial charge in [-0.1, -0.05) is 6.08 Å². The summed E-state index contributed by atoms with van der Waals surface area (Å²) in [6.45, 7) is 9.23. The Morgan fingerprint density at radius 3 is 2.87 bits per heavy atom. The van der Waals surface area contributed by atoms with E-state index in [0.717, 1.165) is 17.0 Å². The van der Waals surface area contributed by atoms with Crippen LogP contribution in [0, 0.1) is 13.8 Å². The summed E-state index contributed by atoms with van der Waals surface area (Å²) in [5.74, 6) is 0.792. The van der Waals surface area contributed by atoms with Crippen LogP contribution in [0.2, 0.25) is 0 Å². The van der Waals surface area contributed by atoms with Crippen molar-refractivity contribution in [3.63, 3.8) is 0 Å². The molecule has 0 saturated heterocycles. The Morgan fingerprint density at radius 1 is 1.40 bits per heavy atom. The maximum atomic E-state index is 5.47. The number of ether oxygens (including phenoxy) is 2. The van der Waals surface area contributed by atoms with E-state index in [4.69, 9.17) is 9.47 Å². The molecule has 0 bridgehead atoms. The third kappa shape index (κ3) is 4.13. The van der Waals surface area contributed by atoms with Crippen LogP contribution in [0.5, 0.6) is 5.75 Å². The number of aromatic nitrogens is 1. The van der Waals surface area contributed by atoms with E-state index in [0.29, 0.717) is 19.8 Å². The van der Waals surface area contributed by atoms with E-state index in [1.165, 1.54) is 0 Å². The summed E-state index contributed by atoms with van der Waals surface area (Å²) >= 11 is 0. The van der Waals surface area contributed by atoms with Gasteiger partial charge < -0.3 is 9.47 Å². The first-order chi connectivity index (χ1) is 7.24. The van der Waals surface area contributed by atoms with Crippen LogP contribution in [-0.4, -0.2) is 24.8 Å². The highest BCUT2D eigenvalue weighted by atomic mass is 16.5. The Bertz CT molecular complexity index is 323. The van der Waals surface area contributed by atoms with Crippen molar-refractivity contribution in [1.29, 1.82) is 0 Å². The van der Waals surface area contributed by atoms with Gasteiger partial charge in [0, 0.05) is 5.69 Å². The standard InChI is InChI=1S/C12H17NO2/c1-4-5-14-6-7-15-12-8-10(2)11(3)13-9-12/h4,8-9H,1,5-7H2,2-3H3. The molecule has 0 spiro atoms. The van der Waals surface area contributed by atoms with Crippen molar-refractivity contribution >= 4 is 0 Å². The minimum atomic E-state index is 0.540. The first-order valence-electron chi connectivity index (χ1n) is 4.98. The van der Waals surface area contributed by atoms with Gasteiger partial charge in [0.15, 0.2) is 0 Å². The Hall–Kier alpha value is -1.35. The van der Waals surface area contributed by atoms with Gasteiger partial charge in [-0.05, 0) is 25.5 Å². The van der Waals surface area contributed by atoms with Gasteiger partial charge in [0.1, 0.15) is 12.4 Å². The number of rotatable bonds is 6. The molecule has 0 amide bonds. The molecule has 0 atom stereocenters. The molecule has 0 radical (unpaired) electrons. The Kier molecular flexibility index (Phi) is 4.84. The van der Waals surface area contributed by atoms with Crippen LogP contribution in [0.1, 0.15) is 11.3 Å². The maximum Gasteiger partial charge on any atom is 0.137 e. The topological polar surface area (TPSA) is 31.4 Å². The van der Waals surface area contributed by atoms with Crippen molar-refractivity contribution in [1.82, 2.24) is 4.98 Å². The second kappa shape index (κ2) is 6.19. The van der Waals surface area contributed by atoms with Crippen molar-refractivity contribution in [3.05, 3.63) is 36.2 Å². The molecule has 0 aliphatic carbocycles. The molecule has 15 heavy (non-hydrogen) atoms. The first kappa shape index (κ1) is 11.7. The molecule has 3 heteroatoms. The van der Waals surface area contributed by atoms with E-state index >= 15 is 0 Å². The van der Waals surface area contributed by atoms with Crippen LogP contribution in [-0.2, 0) is 4.74 Å². The largest absolute Gasteiger partial charge is 0.490 e. The van der Waals surface area contributed by atoms with Crippen LogP contribution < -0.4 is 4.74 Å². The summed E-state index contributed by atoms with van der Waals surface area (Å²) in [7, 11) is 0. The van der Waals surface area contributed by atoms with Crippen LogP contribution in [0.25, 0.3) is 0 Å². The van der Waals surface area contributed by atoms with Crippen LogP contribution >= 0.6 is 0 Å². The lowest BCUT2D eigenvalue weighted by Gasteiger charge is -2.07. The van der Waals surface area contributed by atoms with E-state index in [2.05, 4.69) is 11.6 Å². The summed E-state index contributed by atoms with van der Waals surface area (Å²) in [5.41, 5.74) is 2.17. The molecule has 0 aliphatic rings. The molecule has 1 aromatic heterocycles. The molecule has 0 aliphatic heterocycles. The minimum absolute atomic E-state index is 0.540. The van der Waals surface area contributed by atoms with Crippen molar-refractivity contribution in [2.75, 3.05) is 19.8 Å². The third-order valence-electron chi connectivity index (χ3n) is 2.05. The summed E-state index contributed by atoms with van der Waals surface area (Å²) in [6.07, 6.45) is 3.45. The molecule has 0 N–H and O–H groups in total. The zero-order valence-corrected chi connectivity index (χ0v) is 9.32. The first-order valence-corrected chi connectivity index (χ1v) is 4.98. The maximum absolute atomic E-state index is 5.47. The number of hydrogen-bond donors (Lipinski definition) is 0. The number of hydrogen-bond acceptors (Lipinski definition) is 3. The van der Waals surface area contributed by atoms with Crippen molar-refractivity contribution < 1.29 is 9.47 Å². The summed E-state index contributed by atoms with van der Waals surface area (Å²) < 4.78 is 10.7. The van der Waals surface area contributed by atoms with Gasteiger partial charge in [0.25, 0.3) is 0 Å². The van der Waals surface area contributed by atoms with Gasteiger partial charge >= 0.3 is 0 Å². The van der Waals surface area contributed by atoms with Crippen molar-refractivity contribution in [3.8, 4) is 5.75 Å². The lowest BCUT2D eigenvalue weighted by atomic mass is 10.2. The van der Waals surface area contributed by atoms with Crippen molar-refractivity contribution in [2.45, 2.75) is 13.8 Å². The van der Waals surface area contributed by atoms with Crippen LogP contribution in [0.4, 0.5) is 0 Å². The second-order valence-corrected chi connectivity index (χ2v) is 3.29. The fourth-order valence-electron chi connectivity index (χ4n) is 1.08. The molecule has 82 valence electrons. The summed E-state index contributed by atoms with van der Waals surface area (Å²) in [6, 6.07) is 1.98. The number of nitrogens with zero attached hydrogens (tertiary/aromatic N) is 1. The Labute approximate surface area is 90.7 Å².